The number of aromatic nitrogens is 1. The normalized spacial score (nSPS) is 10.6. The zero-order chi connectivity index (χ0) is 18.0. The Balaban J connectivity index is 2.10. The first-order valence-corrected chi connectivity index (χ1v) is 7.86. The number of primary amides is 1. The molecule has 2 aromatic carbocycles. The zero-order valence-corrected chi connectivity index (χ0v) is 14.1. The number of carbonyl (C=O) groups is 1. The molecule has 3 aromatic rings. The number of aryl methyl sites for hydroxylation is 1. The molecule has 0 bridgehead atoms. The van der Waals surface area contributed by atoms with E-state index in [9.17, 15) is 4.79 Å². The average molecular weight is 337 g/mol. The second-order valence-corrected chi connectivity index (χ2v) is 5.56. The van der Waals surface area contributed by atoms with Crippen LogP contribution in [0.5, 0.6) is 17.2 Å². The predicted molar refractivity (Wildman–Crippen MR) is 97.1 cm³/mol. The number of fused-ring (bicyclic) bond motifs is 1. The Morgan fingerprint density at radius 3 is 2.64 bits per heavy atom. The maximum atomic E-state index is 11.7. The SMILES string of the molecule is CCc1cc(Oc2ccnc3cc(OC)c(C(N)=O)cc23)ccc1N. The van der Waals surface area contributed by atoms with Crippen molar-refractivity contribution in [2.75, 3.05) is 12.8 Å². The Labute approximate surface area is 145 Å². The largest absolute Gasteiger partial charge is 0.496 e. The van der Waals surface area contributed by atoms with E-state index in [1.807, 2.05) is 19.1 Å². The maximum absolute atomic E-state index is 11.7. The molecule has 0 aliphatic heterocycles. The molecule has 0 aliphatic rings. The molecule has 0 fully saturated rings. The van der Waals surface area contributed by atoms with Crippen LogP contribution in [0.1, 0.15) is 22.8 Å². The lowest BCUT2D eigenvalue weighted by Gasteiger charge is -2.13. The molecule has 0 saturated carbocycles. The van der Waals surface area contributed by atoms with Crippen molar-refractivity contribution in [1.82, 2.24) is 4.98 Å². The number of ether oxygens (including phenoxy) is 2. The van der Waals surface area contributed by atoms with Gasteiger partial charge in [0.1, 0.15) is 17.2 Å². The van der Waals surface area contributed by atoms with Crippen LogP contribution in [0.15, 0.2) is 42.6 Å². The van der Waals surface area contributed by atoms with Crippen LogP contribution in [0.25, 0.3) is 10.9 Å². The fraction of sp³-hybridized carbons (Fsp3) is 0.158. The van der Waals surface area contributed by atoms with Gasteiger partial charge in [-0.2, -0.15) is 0 Å². The van der Waals surface area contributed by atoms with Crippen LogP contribution in [-0.4, -0.2) is 18.0 Å². The molecule has 3 rings (SSSR count). The second kappa shape index (κ2) is 6.68. The van der Waals surface area contributed by atoms with Crippen molar-refractivity contribution in [3.05, 3.63) is 53.7 Å². The predicted octanol–water partition coefficient (Wildman–Crippen LogP) is 3.28. The molecule has 1 heterocycles. The highest BCUT2D eigenvalue weighted by atomic mass is 16.5. The number of rotatable bonds is 5. The van der Waals surface area contributed by atoms with Gasteiger partial charge in [-0.1, -0.05) is 6.92 Å². The van der Waals surface area contributed by atoms with E-state index in [4.69, 9.17) is 20.9 Å². The molecule has 6 nitrogen and oxygen atoms in total. The highest BCUT2D eigenvalue weighted by Gasteiger charge is 2.14. The van der Waals surface area contributed by atoms with Gasteiger partial charge in [0.15, 0.2) is 0 Å². The van der Waals surface area contributed by atoms with Crippen LogP contribution in [0.3, 0.4) is 0 Å². The lowest BCUT2D eigenvalue weighted by molar-refractivity contribution is 0.0997. The molecule has 1 amide bonds. The third kappa shape index (κ3) is 3.19. The Morgan fingerprint density at radius 2 is 1.96 bits per heavy atom. The number of nitrogen functional groups attached to an aromatic ring is 1. The molecule has 0 atom stereocenters. The summed E-state index contributed by atoms with van der Waals surface area (Å²) in [5.74, 6) is 1.04. The van der Waals surface area contributed by atoms with Crippen LogP contribution in [0, 0.1) is 0 Å². The molecule has 128 valence electrons. The summed E-state index contributed by atoms with van der Waals surface area (Å²) in [5.41, 5.74) is 14.0. The smallest absolute Gasteiger partial charge is 0.252 e. The Kier molecular flexibility index (Phi) is 4.43. The summed E-state index contributed by atoms with van der Waals surface area (Å²) in [4.78, 5) is 16.0. The molecule has 0 aliphatic carbocycles. The molecule has 1 aromatic heterocycles. The topological polar surface area (TPSA) is 100 Å². The van der Waals surface area contributed by atoms with Crippen molar-refractivity contribution in [3.8, 4) is 17.2 Å². The Hall–Kier alpha value is -3.28. The molecular weight excluding hydrogens is 318 g/mol. The minimum Gasteiger partial charge on any atom is -0.496 e. The fourth-order valence-electron chi connectivity index (χ4n) is 2.68. The van der Waals surface area contributed by atoms with Crippen molar-refractivity contribution in [1.29, 1.82) is 0 Å². The first kappa shape index (κ1) is 16.6. The number of hydrogen-bond acceptors (Lipinski definition) is 5. The Bertz CT molecular complexity index is 954. The van der Waals surface area contributed by atoms with Crippen LogP contribution in [0.2, 0.25) is 0 Å². The molecule has 0 unspecified atom stereocenters. The van der Waals surface area contributed by atoms with Crippen molar-refractivity contribution < 1.29 is 14.3 Å². The third-order valence-corrected chi connectivity index (χ3v) is 4.01. The number of nitrogens with two attached hydrogens (primary N) is 2. The summed E-state index contributed by atoms with van der Waals surface area (Å²) < 4.78 is 11.2. The van der Waals surface area contributed by atoms with Gasteiger partial charge in [0, 0.05) is 23.3 Å². The van der Waals surface area contributed by atoms with Gasteiger partial charge >= 0.3 is 0 Å². The number of amides is 1. The summed E-state index contributed by atoms with van der Waals surface area (Å²) >= 11 is 0. The molecular formula is C19H19N3O3. The van der Waals surface area contributed by atoms with Gasteiger partial charge in [0.2, 0.25) is 0 Å². The van der Waals surface area contributed by atoms with E-state index in [1.165, 1.54) is 7.11 Å². The van der Waals surface area contributed by atoms with E-state index in [2.05, 4.69) is 4.98 Å². The van der Waals surface area contributed by atoms with E-state index < -0.39 is 5.91 Å². The van der Waals surface area contributed by atoms with Gasteiger partial charge in [0.25, 0.3) is 5.91 Å². The molecule has 0 spiro atoms. The average Bonchev–Trinajstić information content (AvgIpc) is 2.62. The van der Waals surface area contributed by atoms with Gasteiger partial charge in [-0.3, -0.25) is 9.78 Å². The fourth-order valence-corrected chi connectivity index (χ4v) is 2.68. The zero-order valence-electron chi connectivity index (χ0n) is 14.1. The molecule has 4 N–H and O–H groups in total. The number of carbonyl (C=O) groups excluding carboxylic acids is 1. The second-order valence-electron chi connectivity index (χ2n) is 5.56. The number of anilines is 1. The summed E-state index contributed by atoms with van der Waals surface area (Å²) in [5, 5.41) is 0.673. The number of methoxy groups -OCH3 is 1. The number of hydrogen-bond donors (Lipinski definition) is 2. The van der Waals surface area contributed by atoms with E-state index in [0.717, 1.165) is 17.7 Å². The first-order valence-electron chi connectivity index (χ1n) is 7.86. The van der Waals surface area contributed by atoms with Crippen molar-refractivity contribution in [2.24, 2.45) is 5.73 Å². The van der Waals surface area contributed by atoms with Gasteiger partial charge in [-0.25, -0.2) is 0 Å². The Morgan fingerprint density at radius 1 is 1.16 bits per heavy atom. The third-order valence-electron chi connectivity index (χ3n) is 4.01. The van der Waals surface area contributed by atoms with Gasteiger partial charge < -0.3 is 20.9 Å². The van der Waals surface area contributed by atoms with Gasteiger partial charge in [-0.15, -0.1) is 0 Å². The van der Waals surface area contributed by atoms with Crippen LogP contribution >= 0.6 is 0 Å². The quantitative estimate of drug-likeness (QED) is 0.696. The summed E-state index contributed by atoms with van der Waals surface area (Å²) in [6.07, 6.45) is 2.45. The highest BCUT2D eigenvalue weighted by Crippen LogP contribution is 2.33. The molecule has 0 radical (unpaired) electrons. The molecule has 25 heavy (non-hydrogen) atoms. The van der Waals surface area contributed by atoms with Crippen molar-refractivity contribution in [3.63, 3.8) is 0 Å². The lowest BCUT2D eigenvalue weighted by atomic mass is 10.1. The summed E-state index contributed by atoms with van der Waals surface area (Å²) in [7, 11) is 1.48. The van der Waals surface area contributed by atoms with E-state index in [1.54, 1.807) is 30.5 Å². The van der Waals surface area contributed by atoms with Crippen LogP contribution < -0.4 is 20.9 Å². The summed E-state index contributed by atoms with van der Waals surface area (Å²) in [6, 6.07) is 10.6. The number of pyridine rings is 1. The van der Waals surface area contributed by atoms with Crippen molar-refractivity contribution in [2.45, 2.75) is 13.3 Å². The van der Waals surface area contributed by atoms with Crippen LogP contribution in [-0.2, 0) is 6.42 Å². The van der Waals surface area contributed by atoms with Crippen molar-refractivity contribution >= 4 is 22.5 Å². The minimum atomic E-state index is -0.575. The minimum absolute atomic E-state index is 0.277. The standard InChI is InChI=1S/C19H19N3O3/c1-3-11-8-12(4-5-15(11)20)25-17-6-7-22-16-10-18(24-2)14(19(21)23)9-13(16)17/h4-10H,3,20H2,1-2H3,(H2,21,23). The lowest BCUT2D eigenvalue weighted by Crippen LogP contribution is -2.12. The molecule has 0 saturated heterocycles. The van der Waals surface area contributed by atoms with E-state index in [-0.39, 0.29) is 5.56 Å². The van der Waals surface area contributed by atoms with E-state index >= 15 is 0 Å². The molecule has 6 heteroatoms. The first-order chi connectivity index (χ1) is 12.0. The monoisotopic (exact) mass is 337 g/mol. The van der Waals surface area contributed by atoms with E-state index in [0.29, 0.717) is 28.2 Å². The number of nitrogens with zero attached hydrogens (tertiary/aromatic N) is 1. The maximum Gasteiger partial charge on any atom is 0.252 e. The van der Waals surface area contributed by atoms with Crippen LogP contribution in [0.4, 0.5) is 5.69 Å². The van der Waals surface area contributed by atoms with Gasteiger partial charge in [0.05, 0.1) is 18.2 Å². The summed E-state index contributed by atoms with van der Waals surface area (Å²) in [6.45, 7) is 2.03. The van der Waals surface area contributed by atoms with Gasteiger partial charge in [-0.05, 0) is 42.3 Å². The highest BCUT2D eigenvalue weighted by molar-refractivity contribution is 6.01. The number of benzene rings is 2.